The van der Waals surface area contributed by atoms with Crippen molar-refractivity contribution in [2.45, 2.75) is 57.7 Å². The molecule has 1 aromatic carbocycles. The van der Waals surface area contributed by atoms with Gasteiger partial charge in [-0.05, 0) is 24.5 Å². The molecule has 2 aromatic rings. The summed E-state index contributed by atoms with van der Waals surface area (Å²) in [5, 5.41) is 19.4. The lowest BCUT2D eigenvalue weighted by Crippen LogP contribution is -2.14. The Balaban J connectivity index is 1.65. The third-order valence-electron chi connectivity index (χ3n) is 4.40. The fourth-order valence-corrected chi connectivity index (χ4v) is 3.12. The highest BCUT2D eigenvalue weighted by molar-refractivity contribution is 5.64. The van der Waals surface area contributed by atoms with Crippen LogP contribution in [0.5, 0.6) is 0 Å². The predicted octanol–water partition coefficient (Wildman–Crippen LogP) is 3.97. The zero-order valence-corrected chi connectivity index (χ0v) is 13.3. The summed E-state index contributed by atoms with van der Waals surface area (Å²) in [4.78, 5) is 0. The summed E-state index contributed by atoms with van der Waals surface area (Å²) in [7, 11) is 0. The first kappa shape index (κ1) is 15.7. The standard InChI is InChI=1S/C18H22N4O/c19-12-17-18(21-22-20-17)15-8-6-7-14(11-15)13-23-16-9-4-2-1-3-5-10-16/h6-8,11,16H,1-5,9-10,13H2,(H,20,21,22). The monoisotopic (exact) mass is 310 g/mol. The van der Waals surface area contributed by atoms with Crippen molar-refractivity contribution in [3.05, 3.63) is 35.5 Å². The van der Waals surface area contributed by atoms with Crippen molar-refractivity contribution >= 4 is 0 Å². The molecule has 0 amide bonds. The van der Waals surface area contributed by atoms with Gasteiger partial charge in [-0.2, -0.15) is 5.26 Å². The lowest BCUT2D eigenvalue weighted by Gasteiger charge is -2.20. The molecule has 0 aliphatic heterocycles. The lowest BCUT2D eigenvalue weighted by molar-refractivity contribution is 0.0237. The molecule has 0 bridgehead atoms. The van der Waals surface area contributed by atoms with Crippen molar-refractivity contribution in [2.24, 2.45) is 0 Å². The minimum Gasteiger partial charge on any atom is -0.374 e. The van der Waals surface area contributed by atoms with Gasteiger partial charge in [0.05, 0.1) is 12.7 Å². The Bertz CT molecular complexity index is 666. The molecule has 5 nitrogen and oxygen atoms in total. The molecular weight excluding hydrogens is 288 g/mol. The molecular formula is C18H22N4O. The summed E-state index contributed by atoms with van der Waals surface area (Å²) in [6.45, 7) is 0.609. The van der Waals surface area contributed by atoms with Gasteiger partial charge in [-0.1, -0.05) is 55.5 Å². The zero-order valence-electron chi connectivity index (χ0n) is 13.3. The fourth-order valence-electron chi connectivity index (χ4n) is 3.12. The molecule has 0 radical (unpaired) electrons. The highest BCUT2D eigenvalue weighted by Crippen LogP contribution is 2.23. The van der Waals surface area contributed by atoms with E-state index in [1.165, 1.54) is 44.9 Å². The smallest absolute Gasteiger partial charge is 0.163 e. The zero-order chi connectivity index (χ0) is 15.9. The SMILES string of the molecule is N#Cc1[nH]nnc1-c1cccc(COC2CCCCCCC2)c1. The molecule has 23 heavy (non-hydrogen) atoms. The Morgan fingerprint density at radius 1 is 1.17 bits per heavy atom. The molecule has 1 aliphatic rings. The van der Waals surface area contributed by atoms with Crippen LogP contribution in [0.15, 0.2) is 24.3 Å². The van der Waals surface area contributed by atoms with Crippen LogP contribution in [-0.4, -0.2) is 21.5 Å². The maximum atomic E-state index is 9.08. The van der Waals surface area contributed by atoms with Crippen LogP contribution in [0.4, 0.5) is 0 Å². The van der Waals surface area contributed by atoms with Crippen LogP contribution in [0.1, 0.15) is 56.2 Å². The van der Waals surface area contributed by atoms with Gasteiger partial charge >= 0.3 is 0 Å². The Labute approximate surface area is 136 Å². The first-order chi connectivity index (χ1) is 11.4. The maximum absolute atomic E-state index is 9.08. The lowest BCUT2D eigenvalue weighted by atomic mass is 9.98. The summed E-state index contributed by atoms with van der Waals surface area (Å²) in [6.07, 6.45) is 9.29. The van der Waals surface area contributed by atoms with E-state index in [4.69, 9.17) is 10.00 Å². The van der Waals surface area contributed by atoms with Crippen LogP contribution in [-0.2, 0) is 11.3 Å². The minimum absolute atomic E-state index is 0.376. The van der Waals surface area contributed by atoms with Gasteiger partial charge < -0.3 is 4.74 Å². The van der Waals surface area contributed by atoms with Gasteiger partial charge in [0.25, 0.3) is 0 Å². The molecule has 1 fully saturated rings. The number of ether oxygens (including phenoxy) is 1. The van der Waals surface area contributed by atoms with E-state index in [-0.39, 0.29) is 0 Å². The van der Waals surface area contributed by atoms with E-state index >= 15 is 0 Å². The Morgan fingerprint density at radius 3 is 2.74 bits per heavy atom. The first-order valence-corrected chi connectivity index (χ1v) is 8.39. The number of aromatic nitrogens is 3. The van der Waals surface area contributed by atoms with Gasteiger partial charge in [0, 0.05) is 5.56 Å². The number of aromatic amines is 1. The van der Waals surface area contributed by atoms with Crippen LogP contribution in [0, 0.1) is 11.3 Å². The van der Waals surface area contributed by atoms with Gasteiger partial charge in [-0.15, -0.1) is 5.10 Å². The predicted molar refractivity (Wildman–Crippen MR) is 87.4 cm³/mol. The summed E-state index contributed by atoms with van der Waals surface area (Å²) >= 11 is 0. The molecule has 1 heterocycles. The first-order valence-electron chi connectivity index (χ1n) is 8.39. The quantitative estimate of drug-likeness (QED) is 0.927. The van der Waals surface area contributed by atoms with Gasteiger partial charge in [0.15, 0.2) is 5.69 Å². The largest absolute Gasteiger partial charge is 0.374 e. The number of nitrogens with one attached hydrogen (secondary N) is 1. The molecule has 1 saturated carbocycles. The second-order valence-corrected chi connectivity index (χ2v) is 6.13. The van der Waals surface area contributed by atoms with Crippen LogP contribution in [0.25, 0.3) is 11.3 Å². The van der Waals surface area contributed by atoms with Crippen molar-refractivity contribution in [1.82, 2.24) is 15.4 Å². The van der Waals surface area contributed by atoms with Crippen molar-refractivity contribution in [3.8, 4) is 17.3 Å². The second kappa shape index (κ2) is 7.89. The van der Waals surface area contributed by atoms with E-state index in [1.54, 1.807) is 0 Å². The summed E-state index contributed by atoms with van der Waals surface area (Å²) in [5.74, 6) is 0. The number of hydrogen-bond donors (Lipinski definition) is 1. The van der Waals surface area contributed by atoms with Crippen molar-refractivity contribution in [1.29, 1.82) is 5.26 Å². The number of hydrogen-bond acceptors (Lipinski definition) is 4. The van der Waals surface area contributed by atoms with Crippen molar-refractivity contribution in [2.75, 3.05) is 0 Å². The third kappa shape index (κ3) is 4.17. The molecule has 0 saturated heterocycles. The minimum atomic E-state index is 0.376. The normalized spacial score (nSPS) is 16.5. The molecule has 120 valence electrons. The molecule has 1 aliphatic carbocycles. The van der Waals surface area contributed by atoms with E-state index in [9.17, 15) is 0 Å². The Hall–Kier alpha value is -2.19. The van der Waals surface area contributed by atoms with Crippen LogP contribution in [0.3, 0.4) is 0 Å². The topological polar surface area (TPSA) is 74.6 Å². The number of rotatable bonds is 4. The molecule has 1 aromatic heterocycles. The second-order valence-electron chi connectivity index (χ2n) is 6.13. The van der Waals surface area contributed by atoms with Gasteiger partial charge in [-0.3, -0.25) is 0 Å². The molecule has 5 heteroatoms. The summed E-state index contributed by atoms with van der Waals surface area (Å²) in [6, 6.07) is 10.1. The van der Waals surface area contributed by atoms with Gasteiger partial charge in [0.1, 0.15) is 11.8 Å². The van der Waals surface area contributed by atoms with E-state index < -0.39 is 0 Å². The van der Waals surface area contributed by atoms with E-state index in [0.29, 0.717) is 24.1 Å². The highest BCUT2D eigenvalue weighted by atomic mass is 16.5. The maximum Gasteiger partial charge on any atom is 0.163 e. The number of H-pyrrole nitrogens is 1. The van der Waals surface area contributed by atoms with Crippen LogP contribution >= 0.6 is 0 Å². The van der Waals surface area contributed by atoms with Gasteiger partial charge in [0.2, 0.25) is 0 Å². The summed E-state index contributed by atoms with van der Waals surface area (Å²) < 4.78 is 6.12. The Kier molecular flexibility index (Phi) is 5.38. The molecule has 0 spiro atoms. The molecule has 0 unspecified atom stereocenters. The number of nitrogens with zero attached hydrogens (tertiary/aromatic N) is 3. The van der Waals surface area contributed by atoms with E-state index in [2.05, 4.69) is 27.5 Å². The van der Waals surface area contributed by atoms with E-state index in [1.807, 2.05) is 18.2 Å². The Morgan fingerprint density at radius 2 is 1.96 bits per heavy atom. The van der Waals surface area contributed by atoms with E-state index in [0.717, 1.165) is 11.1 Å². The van der Waals surface area contributed by atoms with Crippen LogP contribution < -0.4 is 0 Å². The summed E-state index contributed by atoms with van der Waals surface area (Å²) in [5.41, 5.74) is 2.99. The van der Waals surface area contributed by atoms with Crippen LogP contribution in [0.2, 0.25) is 0 Å². The number of benzene rings is 1. The molecule has 3 rings (SSSR count). The average Bonchev–Trinajstić information content (AvgIpc) is 3.03. The third-order valence-corrected chi connectivity index (χ3v) is 4.40. The fraction of sp³-hybridized carbons (Fsp3) is 0.500. The van der Waals surface area contributed by atoms with Crippen molar-refractivity contribution < 1.29 is 4.74 Å². The highest BCUT2D eigenvalue weighted by Gasteiger charge is 2.13. The number of nitriles is 1. The molecule has 1 N–H and O–H groups in total. The average molecular weight is 310 g/mol. The van der Waals surface area contributed by atoms with Gasteiger partial charge in [-0.25, -0.2) is 5.10 Å². The molecule has 0 atom stereocenters. The van der Waals surface area contributed by atoms with Crippen molar-refractivity contribution in [3.63, 3.8) is 0 Å².